The van der Waals surface area contributed by atoms with Crippen molar-refractivity contribution in [3.05, 3.63) is 135 Å². The first-order valence-electron chi connectivity index (χ1n) is 20.7. The molecule has 0 unspecified atom stereocenters. The Morgan fingerprint density at radius 2 is 1.11 bits per heavy atom. The molecule has 2 amide bonds. The van der Waals surface area contributed by atoms with Crippen LogP contribution in [-0.4, -0.2) is 77.3 Å². The van der Waals surface area contributed by atoms with E-state index in [0.29, 0.717) is 71.4 Å². The van der Waals surface area contributed by atoms with Gasteiger partial charge in [0.05, 0.1) is 28.7 Å². The van der Waals surface area contributed by atoms with Crippen LogP contribution >= 0.6 is 0 Å². The predicted octanol–water partition coefficient (Wildman–Crippen LogP) is 8.47. The molecule has 2 saturated heterocycles. The van der Waals surface area contributed by atoms with Crippen molar-refractivity contribution >= 4 is 34.5 Å². The molecule has 0 radical (unpaired) electrons. The summed E-state index contributed by atoms with van der Waals surface area (Å²) in [5.74, 6) is 3.14. The predicted molar refractivity (Wildman–Crippen MR) is 239 cm³/mol. The van der Waals surface area contributed by atoms with Gasteiger partial charge in [-0.25, -0.2) is 14.6 Å². The molecule has 312 valence electrons. The number of nitrogens with zero attached hydrogens (tertiary/aromatic N) is 8. The Kier molecular flexibility index (Phi) is 10.9. The average Bonchev–Trinajstić information content (AvgIpc) is 3.88. The number of amides is 2. The van der Waals surface area contributed by atoms with Gasteiger partial charge < -0.3 is 30.7 Å². The first-order chi connectivity index (χ1) is 30.3. The molecule has 0 saturated carbocycles. The van der Waals surface area contributed by atoms with Crippen LogP contribution in [-0.2, 0) is 9.59 Å². The van der Waals surface area contributed by atoms with Crippen LogP contribution in [0.2, 0.25) is 0 Å². The third-order valence-corrected chi connectivity index (χ3v) is 11.4. The summed E-state index contributed by atoms with van der Waals surface area (Å²) in [6.07, 6.45) is 5.73. The fraction of sp³-hybridized carbons (Fsp3) is 0.208. The number of carbonyl (C=O) groups excluding carboxylic acids is 2. The van der Waals surface area contributed by atoms with E-state index in [1.807, 2.05) is 119 Å². The molecule has 14 nitrogen and oxygen atoms in total. The van der Waals surface area contributed by atoms with Crippen LogP contribution in [0.3, 0.4) is 0 Å². The number of carbonyl (C=O) groups is 2. The summed E-state index contributed by atoms with van der Waals surface area (Å²) in [7, 11) is 0. The number of likely N-dealkylation sites (tertiary alicyclic amines) is 2. The first kappa shape index (κ1) is 39.7. The van der Waals surface area contributed by atoms with Gasteiger partial charge in [0, 0.05) is 37.3 Å². The van der Waals surface area contributed by atoms with E-state index >= 15 is 0 Å². The van der Waals surface area contributed by atoms with E-state index in [1.165, 1.54) is 12.2 Å². The Labute approximate surface area is 358 Å². The van der Waals surface area contributed by atoms with Crippen LogP contribution in [0.1, 0.15) is 37.8 Å². The van der Waals surface area contributed by atoms with E-state index in [0.717, 1.165) is 42.6 Å². The van der Waals surface area contributed by atoms with Crippen LogP contribution in [0, 0.1) is 0 Å². The third kappa shape index (κ3) is 7.85. The van der Waals surface area contributed by atoms with Crippen LogP contribution in [0.5, 0.6) is 23.0 Å². The fourth-order valence-corrected chi connectivity index (χ4v) is 8.42. The first-order valence-corrected chi connectivity index (χ1v) is 20.7. The number of hydrogen-bond acceptors (Lipinski definition) is 10. The number of nitrogen functional groups attached to an aromatic ring is 2. The van der Waals surface area contributed by atoms with Gasteiger partial charge in [0.2, 0.25) is 11.8 Å². The van der Waals surface area contributed by atoms with Crippen LogP contribution < -0.4 is 20.9 Å². The molecule has 5 heterocycles. The summed E-state index contributed by atoms with van der Waals surface area (Å²) in [5, 5.41) is 10.7. The number of hydrogen-bond donors (Lipinski definition) is 2. The van der Waals surface area contributed by atoms with Gasteiger partial charge in [0.25, 0.3) is 0 Å². The lowest BCUT2D eigenvalue weighted by Crippen LogP contribution is -2.40. The Morgan fingerprint density at radius 1 is 0.613 bits per heavy atom. The largest absolute Gasteiger partial charge is 0.457 e. The molecular formula is C48H46N10O4. The summed E-state index contributed by atoms with van der Waals surface area (Å²) < 4.78 is 16.0. The molecule has 7 aromatic rings. The van der Waals surface area contributed by atoms with Crippen molar-refractivity contribution in [1.82, 2.24) is 39.3 Å². The standard InChI is InChI=1S/C48H46N10O4/c1-3-39(59)55-27-11-13-33(29-55)57-44(32-21-25-38(26-22-32)62-36-17-9-6-10-18-36)42(46(50)54-57)47-51-45(49)41-43(31-19-23-37(24-20-31)61-35-15-7-5-8-16-35)53-58(48(41)52-47)34-14-12-28-56(30-34)40(60)4-2/h3-10,15-26,33-34H,1-2,11-14,27-30H2,(H2,50,54)(H2,49,51,52)/t33-,34-/m1/s1. The zero-order chi connectivity index (χ0) is 42.7. The maximum atomic E-state index is 12.9. The van der Waals surface area contributed by atoms with Gasteiger partial charge in [-0.05, 0) is 111 Å². The van der Waals surface area contributed by atoms with Gasteiger partial charge in [-0.2, -0.15) is 10.2 Å². The van der Waals surface area contributed by atoms with Gasteiger partial charge in [-0.15, -0.1) is 0 Å². The minimum Gasteiger partial charge on any atom is -0.457 e. The Morgan fingerprint density at radius 3 is 1.65 bits per heavy atom. The van der Waals surface area contributed by atoms with Gasteiger partial charge in [-0.3, -0.25) is 14.3 Å². The highest BCUT2D eigenvalue weighted by molar-refractivity contribution is 6.00. The molecule has 62 heavy (non-hydrogen) atoms. The number of piperidine rings is 2. The Hall–Kier alpha value is -7.74. The molecule has 0 aliphatic carbocycles. The van der Waals surface area contributed by atoms with E-state index in [4.69, 9.17) is 41.1 Å². The molecule has 2 fully saturated rings. The maximum absolute atomic E-state index is 12.9. The second-order valence-electron chi connectivity index (χ2n) is 15.4. The van der Waals surface area contributed by atoms with E-state index in [1.54, 1.807) is 9.80 Å². The van der Waals surface area contributed by atoms with Crippen molar-refractivity contribution < 1.29 is 19.1 Å². The van der Waals surface area contributed by atoms with Crippen molar-refractivity contribution in [2.24, 2.45) is 0 Å². The number of fused-ring (bicyclic) bond motifs is 1. The second kappa shape index (κ2) is 17.1. The van der Waals surface area contributed by atoms with Crippen LogP contribution in [0.25, 0.3) is 44.9 Å². The molecule has 0 bridgehead atoms. The summed E-state index contributed by atoms with van der Waals surface area (Å²) in [6, 6.07) is 34.0. The van der Waals surface area contributed by atoms with Crippen molar-refractivity contribution in [1.29, 1.82) is 0 Å². The number of para-hydroxylation sites is 2. The van der Waals surface area contributed by atoms with E-state index in [2.05, 4.69) is 13.2 Å². The minimum absolute atomic E-state index is 0.140. The fourth-order valence-electron chi connectivity index (χ4n) is 8.42. The van der Waals surface area contributed by atoms with Gasteiger partial charge in [0.1, 0.15) is 34.5 Å². The molecule has 3 aromatic heterocycles. The Bertz CT molecular complexity index is 2770. The molecule has 0 spiro atoms. The lowest BCUT2D eigenvalue weighted by atomic mass is 10.0. The van der Waals surface area contributed by atoms with Crippen molar-refractivity contribution in [2.45, 2.75) is 37.8 Å². The summed E-state index contributed by atoms with van der Waals surface area (Å²) in [4.78, 5) is 39.5. The second-order valence-corrected chi connectivity index (χ2v) is 15.4. The lowest BCUT2D eigenvalue weighted by Gasteiger charge is -2.33. The van der Waals surface area contributed by atoms with Crippen molar-refractivity contribution in [3.63, 3.8) is 0 Å². The van der Waals surface area contributed by atoms with E-state index in [9.17, 15) is 9.59 Å². The number of nitrogens with two attached hydrogens (primary N) is 2. The quantitative estimate of drug-likeness (QED) is 0.121. The number of benzene rings is 4. The lowest BCUT2D eigenvalue weighted by molar-refractivity contribution is -0.128. The van der Waals surface area contributed by atoms with E-state index in [-0.39, 0.29) is 41.4 Å². The van der Waals surface area contributed by atoms with Crippen LogP contribution in [0.4, 0.5) is 11.6 Å². The number of anilines is 2. The number of ether oxygens (including phenoxy) is 2. The highest BCUT2D eigenvalue weighted by Crippen LogP contribution is 2.42. The molecule has 4 N–H and O–H groups in total. The average molecular weight is 827 g/mol. The number of rotatable bonds is 11. The van der Waals surface area contributed by atoms with E-state index < -0.39 is 0 Å². The van der Waals surface area contributed by atoms with Crippen molar-refractivity contribution in [2.75, 3.05) is 37.6 Å². The van der Waals surface area contributed by atoms with Gasteiger partial charge in [-0.1, -0.05) is 49.6 Å². The summed E-state index contributed by atoms with van der Waals surface area (Å²) in [6.45, 7) is 9.50. The minimum atomic E-state index is -0.223. The highest BCUT2D eigenvalue weighted by atomic mass is 16.5. The molecule has 4 aromatic carbocycles. The molecular weight excluding hydrogens is 781 g/mol. The summed E-state index contributed by atoms with van der Waals surface area (Å²) >= 11 is 0. The topological polar surface area (TPSA) is 173 Å². The SMILES string of the molecule is C=CC(=O)N1CCC[C@@H](n2nc(N)c(-c3nc(N)c4c(-c5ccc(Oc6ccccc6)cc5)nn([C@@H]5CCCN(C(=O)C=C)C5)c4n3)c2-c2ccc(Oc3ccccc3)cc2)C1. The zero-order valence-corrected chi connectivity index (χ0v) is 34.1. The van der Waals surface area contributed by atoms with Gasteiger partial charge >= 0.3 is 0 Å². The zero-order valence-electron chi connectivity index (χ0n) is 34.1. The van der Waals surface area contributed by atoms with Gasteiger partial charge in [0.15, 0.2) is 17.3 Å². The monoisotopic (exact) mass is 826 g/mol. The molecule has 9 rings (SSSR count). The normalized spacial score (nSPS) is 16.5. The molecule has 2 aliphatic rings. The van der Waals surface area contributed by atoms with Crippen LogP contribution in [0.15, 0.2) is 135 Å². The molecule has 14 heteroatoms. The van der Waals surface area contributed by atoms with Crippen molar-refractivity contribution in [3.8, 4) is 56.9 Å². The molecule has 2 aliphatic heterocycles. The highest BCUT2D eigenvalue weighted by Gasteiger charge is 2.33. The molecule has 2 atom stereocenters. The maximum Gasteiger partial charge on any atom is 0.246 e. The third-order valence-electron chi connectivity index (χ3n) is 11.4. The number of aromatic nitrogens is 6. The summed E-state index contributed by atoms with van der Waals surface area (Å²) in [5.41, 5.74) is 17.8. The smallest absolute Gasteiger partial charge is 0.246 e. The Balaban J connectivity index is 1.18.